The monoisotopic (exact) mass is 230 g/mol. The number of ether oxygens (including phenoxy) is 1. The highest BCUT2D eigenvalue weighted by Gasteiger charge is 2.26. The quantitative estimate of drug-likeness (QED) is 0.649. The number of carboxylic acid groups (broad SMARTS) is 1. The Hall–Kier alpha value is -1.30. The summed E-state index contributed by atoms with van der Waals surface area (Å²) in [5.74, 6) is -1.02. The first kappa shape index (κ1) is 12.8. The van der Waals surface area contributed by atoms with Crippen LogP contribution in [-0.2, 0) is 9.53 Å². The normalized spacial score (nSPS) is 26.1. The van der Waals surface area contributed by atoms with Gasteiger partial charge >= 0.3 is 12.0 Å². The van der Waals surface area contributed by atoms with Crippen LogP contribution >= 0.6 is 0 Å². The summed E-state index contributed by atoms with van der Waals surface area (Å²) >= 11 is 0. The first-order valence-electron chi connectivity index (χ1n) is 5.46. The molecule has 92 valence electrons. The number of amides is 2. The van der Waals surface area contributed by atoms with Crippen LogP contribution in [-0.4, -0.2) is 41.9 Å². The van der Waals surface area contributed by atoms with E-state index < -0.39 is 18.0 Å². The van der Waals surface area contributed by atoms with E-state index in [2.05, 4.69) is 10.6 Å². The smallest absolute Gasteiger partial charge is 0.326 e. The number of carbonyl (C=O) groups excluding carboxylic acids is 1. The molecular formula is C10H18N2O4. The van der Waals surface area contributed by atoms with E-state index in [0.29, 0.717) is 13.0 Å². The van der Waals surface area contributed by atoms with Gasteiger partial charge in [0.1, 0.15) is 6.04 Å². The fourth-order valence-corrected chi connectivity index (χ4v) is 1.63. The number of hydrogen-bond acceptors (Lipinski definition) is 3. The lowest BCUT2D eigenvalue weighted by Gasteiger charge is -2.18. The molecule has 0 saturated carbocycles. The van der Waals surface area contributed by atoms with Crippen LogP contribution in [0.5, 0.6) is 0 Å². The molecule has 3 atom stereocenters. The summed E-state index contributed by atoms with van der Waals surface area (Å²) in [4.78, 5) is 22.2. The Morgan fingerprint density at radius 2 is 2.25 bits per heavy atom. The maximum absolute atomic E-state index is 11.5. The highest BCUT2D eigenvalue weighted by Crippen LogP contribution is 2.12. The molecule has 3 N–H and O–H groups in total. The molecule has 0 radical (unpaired) electrons. The molecule has 16 heavy (non-hydrogen) atoms. The topological polar surface area (TPSA) is 87.7 Å². The van der Waals surface area contributed by atoms with Gasteiger partial charge in [0.05, 0.1) is 12.1 Å². The average molecular weight is 230 g/mol. The van der Waals surface area contributed by atoms with Crippen LogP contribution in [0, 0.1) is 0 Å². The molecule has 0 bridgehead atoms. The minimum atomic E-state index is -1.02. The average Bonchev–Trinajstić information content (AvgIpc) is 2.60. The molecule has 1 saturated heterocycles. The van der Waals surface area contributed by atoms with Gasteiger partial charge in [0.25, 0.3) is 0 Å². The number of rotatable bonds is 4. The Bertz CT molecular complexity index is 270. The van der Waals surface area contributed by atoms with E-state index in [-0.39, 0.29) is 12.1 Å². The maximum Gasteiger partial charge on any atom is 0.326 e. The molecule has 3 unspecified atom stereocenters. The minimum Gasteiger partial charge on any atom is -0.480 e. The van der Waals surface area contributed by atoms with Crippen molar-refractivity contribution in [1.82, 2.24) is 10.6 Å². The molecule has 1 aliphatic rings. The van der Waals surface area contributed by atoms with E-state index in [1.807, 2.05) is 6.92 Å². The molecule has 0 aromatic heterocycles. The fourth-order valence-electron chi connectivity index (χ4n) is 1.63. The van der Waals surface area contributed by atoms with E-state index in [1.165, 1.54) is 0 Å². The van der Waals surface area contributed by atoms with Crippen molar-refractivity contribution < 1.29 is 19.4 Å². The van der Waals surface area contributed by atoms with Gasteiger partial charge in [0.15, 0.2) is 0 Å². The van der Waals surface area contributed by atoms with Crippen molar-refractivity contribution in [3.63, 3.8) is 0 Å². The lowest BCUT2D eigenvalue weighted by atomic mass is 10.1. The zero-order chi connectivity index (χ0) is 12.1. The second-order valence-electron chi connectivity index (χ2n) is 3.89. The lowest BCUT2D eigenvalue weighted by Crippen LogP contribution is -2.50. The molecule has 0 aliphatic carbocycles. The van der Waals surface area contributed by atoms with Gasteiger partial charge in [-0.05, 0) is 19.8 Å². The number of carbonyl (C=O) groups is 2. The molecule has 0 aromatic rings. The maximum atomic E-state index is 11.5. The van der Waals surface area contributed by atoms with Crippen LogP contribution < -0.4 is 10.6 Å². The predicted octanol–water partition coefficient (Wildman–Crippen LogP) is 0.326. The van der Waals surface area contributed by atoms with Crippen LogP contribution in [0.3, 0.4) is 0 Å². The number of nitrogens with one attached hydrogen (secondary N) is 2. The third-order valence-electron chi connectivity index (χ3n) is 2.70. The Morgan fingerprint density at radius 3 is 2.69 bits per heavy atom. The summed E-state index contributed by atoms with van der Waals surface area (Å²) < 4.78 is 5.29. The molecule has 0 spiro atoms. The molecular weight excluding hydrogens is 212 g/mol. The standard InChI is InChI=1S/C10H18N2O4/c1-3-7(9(13)14)11-10(15)12-8-4-5-16-6(8)2/h6-8H,3-5H2,1-2H3,(H,13,14)(H2,11,12,15). The molecule has 2 amide bonds. The Kier molecular flexibility index (Phi) is 4.54. The van der Waals surface area contributed by atoms with E-state index in [1.54, 1.807) is 6.92 Å². The molecule has 1 rings (SSSR count). The predicted molar refractivity (Wildman–Crippen MR) is 57.2 cm³/mol. The molecule has 1 aliphatic heterocycles. The van der Waals surface area contributed by atoms with Gasteiger partial charge in [0, 0.05) is 6.61 Å². The van der Waals surface area contributed by atoms with Crippen LogP contribution in [0.2, 0.25) is 0 Å². The highest BCUT2D eigenvalue weighted by molar-refractivity contribution is 5.82. The first-order chi connectivity index (χ1) is 7.54. The van der Waals surface area contributed by atoms with E-state index in [4.69, 9.17) is 9.84 Å². The minimum absolute atomic E-state index is 0.0179. The van der Waals surface area contributed by atoms with Crippen molar-refractivity contribution >= 4 is 12.0 Å². The second kappa shape index (κ2) is 5.69. The molecule has 1 fully saturated rings. The lowest BCUT2D eigenvalue weighted by molar-refractivity contribution is -0.139. The summed E-state index contributed by atoms with van der Waals surface area (Å²) in [5.41, 5.74) is 0. The van der Waals surface area contributed by atoms with Crippen LogP contribution in [0.4, 0.5) is 4.79 Å². The van der Waals surface area contributed by atoms with Gasteiger partial charge in [-0.1, -0.05) is 6.92 Å². The summed E-state index contributed by atoms with van der Waals surface area (Å²) in [6.45, 7) is 4.22. The third-order valence-corrected chi connectivity index (χ3v) is 2.70. The SMILES string of the molecule is CCC(NC(=O)NC1CCOC1C)C(=O)O. The summed E-state index contributed by atoms with van der Waals surface area (Å²) in [5, 5.41) is 13.9. The highest BCUT2D eigenvalue weighted by atomic mass is 16.5. The fraction of sp³-hybridized carbons (Fsp3) is 0.800. The Labute approximate surface area is 94.3 Å². The zero-order valence-electron chi connectivity index (χ0n) is 9.53. The van der Waals surface area contributed by atoms with Gasteiger partial charge in [-0.2, -0.15) is 0 Å². The number of carboxylic acids is 1. The number of urea groups is 1. The first-order valence-corrected chi connectivity index (χ1v) is 5.46. The molecule has 6 heteroatoms. The summed E-state index contributed by atoms with van der Waals surface area (Å²) in [7, 11) is 0. The van der Waals surface area contributed by atoms with Crippen molar-refractivity contribution in [3.05, 3.63) is 0 Å². The van der Waals surface area contributed by atoms with Gasteiger partial charge in [-0.25, -0.2) is 9.59 Å². The zero-order valence-corrected chi connectivity index (χ0v) is 9.53. The third kappa shape index (κ3) is 3.37. The van der Waals surface area contributed by atoms with Crippen LogP contribution in [0.1, 0.15) is 26.7 Å². The number of hydrogen-bond donors (Lipinski definition) is 3. The van der Waals surface area contributed by atoms with Gasteiger partial charge in [0.2, 0.25) is 0 Å². The summed E-state index contributed by atoms with van der Waals surface area (Å²) in [6, 6.07) is -1.32. The molecule has 0 aromatic carbocycles. The largest absolute Gasteiger partial charge is 0.480 e. The van der Waals surface area contributed by atoms with E-state index >= 15 is 0 Å². The van der Waals surface area contributed by atoms with Gasteiger partial charge in [-0.3, -0.25) is 0 Å². The van der Waals surface area contributed by atoms with Crippen LogP contribution in [0.25, 0.3) is 0 Å². The van der Waals surface area contributed by atoms with Crippen molar-refractivity contribution in [2.45, 2.75) is 44.9 Å². The van der Waals surface area contributed by atoms with Crippen LogP contribution in [0.15, 0.2) is 0 Å². The summed E-state index contributed by atoms with van der Waals surface area (Å²) in [6.07, 6.45) is 1.11. The van der Waals surface area contributed by atoms with Gasteiger partial charge < -0.3 is 20.5 Å². The van der Waals surface area contributed by atoms with E-state index in [0.717, 1.165) is 6.42 Å². The van der Waals surface area contributed by atoms with Crippen molar-refractivity contribution in [2.24, 2.45) is 0 Å². The van der Waals surface area contributed by atoms with E-state index in [9.17, 15) is 9.59 Å². The van der Waals surface area contributed by atoms with Gasteiger partial charge in [-0.15, -0.1) is 0 Å². The van der Waals surface area contributed by atoms with Crippen molar-refractivity contribution in [1.29, 1.82) is 0 Å². The Balaban J connectivity index is 2.37. The van der Waals surface area contributed by atoms with Crippen molar-refractivity contribution in [3.8, 4) is 0 Å². The molecule has 1 heterocycles. The van der Waals surface area contributed by atoms with Crippen molar-refractivity contribution in [2.75, 3.05) is 6.61 Å². The number of aliphatic carboxylic acids is 1. The Morgan fingerprint density at radius 1 is 1.56 bits per heavy atom. The second-order valence-corrected chi connectivity index (χ2v) is 3.89. The molecule has 6 nitrogen and oxygen atoms in total.